The summed E-state index contributed by atoms with van der Waals surface area (Å²) in [6.45, 7) is 6.07. The first-order chi connectivity index (χ1) is 10.0. The van der Waals surface area contributed by atoms with Gasteiger partial charge in [0.05, 0.1) is 6.10 Å². The third-order valence-electron chi connectivity index (χ3n) is 2.79. The highest BCUT2D eigenvalue weighted by Crippen LogP contribution is 2.17. The van der Waals surface area contributed by atoms with Crippen molar-refractivity contribution in [1.82, 2.24) is 0 Å². The molecule has 0 bridgehead atoms. The van der Waals surface area contributed by atoms with E-state index in [1.165, 1.54) is 5.56 Å². The predicted molar refractivity (Wildman–Crippen MR) is 93.2 cm³/mol. The Morgan fingerprint density at radius 2 is 1.38 bits per heavy atom. The zero-order valence-corrected chi connectivity index (χ0v) is 13.3. The normalized spacial score (nSPS) is 10.3. The van der Waals surface area contributed by atoms with E-state index < -0.39 is 0 Å². The molecule has 0 aliphatic carbocycles. The average molecular weight is 300 g/mol. The number of hydrogen-bond acceptors (Lipinski definition) is 2. The third-order valence-corrected chi connectivity index (χ3v) is 3.00. The molecule has 0 aliphatic rings. The van der Waals surface area contributed by atoms with E-state index in [9.17, 15) is 0 Å². The monoisotopic (exact) mass is 300 g/mol. The molecule has 0 aromatic heterocycles. The fraction of sp³-hybridized carbons (Fsp3) is 0.235. The maximum atomic E-state index is 5.60. The second-order valence-corrected chi connectivity index (χ2v) is 5.54. The lowest BCUT2D eigenvalue weighted by atomic mass is 10.2. The molecule has 0 heterocycles. The largest absolute Gasteiger partial charge is 0.491 e. The van der Waals surface area contributed by atoms with Crippen LogP contribution in [-0.2, 0) is 0 Å². The van der Waals surface area contributed by atoms with Gasteiger partial charge in [-0.15, -0.1) is 0 Å². The van der Waals surface area contributed by atoms with Crippen LogP contribution in [0, 0.1) is 6.92 Å². The Morgan fingerprint density at radius 1 is 0.905 bits per heavy atom. The number of hydrogen-bond donors (Lipinski definition) is 2. The molecular formula is C17H20N2OS. The Morgan fingerprint density at radius 3 is 1.86 bits per heavy atom. The van der Waals surface area contributed by atoms with Crippen LogP contribution in [0.15, 0.2) is 48.5 Å². The van der Waals surface area contributed by atoms with Gasteiger partial charge in [0.1, 0.15) is 5.75 Å². The molecular weight excluding hydrogens is 280 g/mol. The van der Waals surface area contributed by atoms with Crippen molar-refractivity contribution in [2.24, 2.45) is 0 Å². The summed E-state index contributed by atoms with van der Waals surface area (Å²) >= 11 is 5.30. The fourth-order valence-electron chi connectivity index (χ4n) is 1.82. The highest BCUT2D eigenvalue weighted by molar-refractivity contribution is 7.80. The van der Waals surface area contributed by atoms with Crippen molar-refractivity contribution in [3.8, 4) is 5.75 Å². The number of benzene rings is 2. The van der Waals surface area contributed by atoms with E-state index in [1.807, 2.05) is 62.4 Å². The third kappa shape index (κ3) is 5.08. The Bertz CT molecular complexity index is 591. The molecule has 21 heavy (non-hydrogen) atoms. The van der Waals surface area contributed by atoms with Gasteiger partial charge in [0, 0.05) is 11.4 Å². The Hall–Kier alpha value is -2.07. The van der Waals surface area contributed by atoms with Crippen molar-refractivity contribution in [3.63, 3.8) is 0 Å². The van der Waals surface area contributed by atoms with Crippen molar-refractivity contribution in [3.05, 3.63) is 54.1 Å². The molecule has 0 atom stereocenters. The van der Waals surface area contributed by atoms with Crippen molar-refractivity contribution in [2.75, 3.05) is 10.6 Å². The number of aryl methyl sites for hydroxylation is 1. The van der Waals surface area contributed by atoms with Crippen molar-refractivity contribution >= 4 is 28.7 Å². The number of anilines is 2. The van der Waals surface area contributed by atoms with Crippen molar-refractivity contribution < 1.29 is 4.74 Å². The van der Waals surface area contributed by atoms with Crippen LogP contribution < -0.4 is 15.4 Å². The fourth-order valence-corrected chi connectivity index (χ4v) is 2.06. The highest BCUT2D eigenvalue weighted by atomic mass is 32.1. The van der Waals surface area contributed by atoms with Gasteiger partial charge >= 0.3 is 0 Å². The maximum Gasteiger partial charge on any atom is 0.175 e. The predicted octanol–water partition coefficient (Wildman–Crippen LogP) is 4.59. The quantitative estimate of drug-likeness (QED) is 0.809. The van der Waals surface area contributed by atoms with Crippen LogP contribution >= 0.6 is 12.2 Å². The lowest BCUT2D eigenvalue weighted by Gasteiger charge is -2.12. The van der Waals surface area contributed by atoms with Gasteiger partial charge in [-0.25, -0.2) is 0 Å². The van der Waals surface area contributed by atoms with Gasteiger partial charge in [-0.1, -0.05) is 17.7 Å². The highest BCUT2D eigenvalue weighted by Gasteiger charge is 2.01. The van der Waals surface area contributed by atoms with Gasteiger partial charge in [-0.05, 0) is 69.4 Å². The first-order valence-electron chi connectivity index (χ1n) is 6.94. The topological polar surface area (TPSA) is 33.3 Å². The van der Waals surface area contributed by atoms with E-state index in [0.29, 0.717) is 5.11 Å². The van der Waals surface area contributed by atoms with Crippen LogP contribution in [0.4, 0.5) is 11.4 Å². The minimum atomic E-state index is 0.174. The molecule has 2 N–H and O–H groups in total. The van der Waals surface area contributed by atoms with Crippen LogP contribution in [0.1, 0.15) is 19.4 Å². The van der Waals surface area contributed by atoms with Crippen LogP contribution in [0.5, 0.6) is 5.75 Å². The second kappa shape index (κ2) is 7.09. The standard InChI is InChI=1S/C17H20N2OS/c1-12(2)20-16-10-8-15(9-11-16)19-17(21)18-14-6-4-13(3)5-7-14/h4-12H,1-3H3,(H2,18,19,21). The first kappa shape index (κ1) is 15.3. The van der Waals surface area contributed by atoms with Crippen molar-refractivity contribution in [1.29, 1.82) is 0 Å². The Kier molecular flexibility index (Phi) is 5.17. The van der Waals surface area contributed by atoms with E-state index in [0.717, 1.165) is 17.1 Å². The van der Waals surface area contributed by atoms with Gasteiger partial charge in [0.25, 0.3) is 0 Å². The molecule has 4 heteroatoms. The molecule has 0 fully saturated rings. The summed E-state index contributed by atoms with van der Waals surface area (Å²) < 4.78 is 5.60. The Labute approximate surface area is 131 Å². The van der Waals surface area contributed by atoms with Gasteiger partial charge < -0.3 is 15.4 Å². The zero-order valence-electron chi connectivity index (χ0n) is 12.5. The lowest BCUT2D eigenvalue weighted by molar-refractivity contribution is 0.242. The lowest BCUT2D eigenvalue weighted by Crippen LogP contribution is -2.18. The molecule has 0 unspecified atom stereocenters. The van der Waals surface area contributed by atoms with E-state index in [-0.39, 0.29) is 6.10 Å². The molecule has 2 aromatic carbocycles. The first-order valence-corrected chi connectivity index (χ1v) is 7.35. The summed E-state index contributed by atoms with van der Waals surface area (Å²) in [5.41, 5.74) is 3.12. The molecule has 110 valence electrons. The van der Waals surface area contributed by atoms with E-state index in [1.54, 1.807) is 0 Å². The maximum absolute atomic E-state index is 5.60. The smallest absolute Gasteiger partial charge is 0.175 e. The molecule has 0 radical (unpaired) electrons. The van der Waals surface area contributed by atoms with Gasteiger partial charge in [-0.3, -0.25) is 0 Å². The van der Waals surface area contributed by atoms with Gasteiger partial charge in [-0.2, -0.15) is 0 Å². The summed E-state index contributed by atoms with van der Waals surface area (Å²) in [4.78, 5) is 0. The minimum Gasteiger partial charge on any atom is -0.491 e. The summed E-state index contributed by atoms with van der Waals surface area (Å²) in [5.74, 6) is 0.855. The zero-order chi connectivity index (χ0) is 15.2. The molecule has 0 amide bonds. The second-order valence-electron chi connectivity index (χ2n) is 5.14. The van der Waals surface area contributed by atoms with Gasteiger partial charge in [0.15, 0.2) is 5.11 Å². The molecule has 2 aromatic rings. The summed E-state index contributed by atoms with van der Waals surface area (Å²) in [5, 5.41) is 6.87. The molecule has 3 nitrogen and oxygen atoms in total. The summed E-state index contributed by atoms with van der Waals surface area (Å²) in [6, 6.07) is 15.8. The summed E-state index contributed by atoms with van der Waals surface area (Å²) in [7, 11) is 0. The van der Waals surface area contributed by atoms with Crippen LogP contribution in [0.25, 0.3) is 0 Å². The van der Waals surface area contributed by atoms with E-state index in [2.05, 4.69) is 17.6 Å². The van der Waals surface area contributed by atoms with Crippen LogP contribution in [0.2, 0.25) is 0 Å². The molecule has 0 saturated heterocycles. The molecule has 0 spiro atoms. The van der Waals surface area contributed by atoms with Gasteiger partial charge in [0.2, 0.25) is 0 Å². The Balaban J connectivity index is 1.91. The average Bonchev–Trinajstić information content (AvgIpc) is 2.43. The summed E-state index contributed by atoms with van der Waals surface area (Å²) in [6.07, 6.45) is 0.174. The van der Waals surface area contributed by atoms with Crippen LogP contribution in [-0.4, -0.2) is 11.2 Å². The number of thiocarbonyl (C=S) groups is 1. The molecule has 2 rings (SSSR count). The minimum absolute atomic E-state index is 0.174. The molecule has 0 aliphatic heterocycles. The SMILES string of the molecule is Cc1ccc(NC(=S)Nc2ccc(OC(C)C)cc2)cc1. The number of ether oxygens (including phenoxy) is 1. The number of nitrogens with one attached hydrogen (secondary N) is 2. The molecule has 0 saturated carbocycles. The van der Waals surface area contributed by atoms with Crippen molar-refractivity contribution in [2.45, 2.75) is 26.9 Å². The number of rotatable bonds is 4. The van der Waals surface area contributed by atoms with E-state index in [4.69, 9.17) is 17.0 Å². The van der Waals surface area contributed by atoms with E-state index >= 15 is 0 Å². The van der Waals surface area contributed by atoms with Crippen LogP contribution in [0.3, 0.4) is 0 Å².